The summed E-state index contributed by atoms with van der Waals surface area (Å²) in [7, 11) is -0.302. The van der Waals surface area contributed by atoms with Gasteiger partial charge in [0, 0.05) is 9.85 Å². The highest BCUT2D eigenvalue weighted by Crippen LogP contribution is 2.42. The molecule has 15 heteroatoms. The molecule has 0 aliphatic carbocycles. The number of carbonyl (C=O) groups is 2. The van der Waals surface area contributed by atoms with Crippen LogP contribution in [-0.2, 0) is 18.9 Å². The third-order valence-electron chi connectivity index (χ3n) is 11.1. The normalized spacial score (nSPS) is 25.0. The summed E-state index contributed by atoms with van der Waals surface area (Å²) in [5.74, 6) is -2.28. The van der Waals surface area contributed by atoms with Gasteiger partial charge in [0.15, 0.2) is 0 Å². The monoisotopic (exact) mass is 804 g/mol. The van der Waals surface area contributed by atoms with Gasteiger partial charge >= 0.3 is 7.69 Å². The Bertz CT molecular complexity index is 1850. The number of carbonyl (C=O) groups excluding carboxylic acids is 2. The molecule has 10 atom stereocenters. The van der Waals surface area contributed by atoms with Crippen LogP contribution in [0.15, 0.2) is 121 Å². The summed E-state index contributed by atoms with van der Waals surface area (Å²) in [6.45, 7) is 7.94. The molecule has 59 heavy (non-hydrogen) atoms. The van der Waals surface area contributed by atoms with Gasteiger partial charge in [0.2, 0.25) is 23.9 Å². The predicted molar refractivity (Wildman–Crippen MR) is 224 cm³/mol. The number of nitrogens with one attached hydrogen (secondary N) is 4. The van der Waals surface area contributed by atoms with Crippen LogP contribution in [0.4, 0.5) is 0 Å². The van der Waals surface area contributed by atoms with Crippen molar-refractivity contribution in [2.45, 2.75) is 101 Å². The number of nitrogens with zero attached hydrogens (tertiary/aromatic N) is 2. The summed E-state index contributed by atoms with van der Waals surface area (Å²) in [4.78, 5) is 53.2. The Morgan fingerprint density at radius 3 is 1.17 bits per heavy atom. The van der Waals surface area contributed by atoms with Crippen molar-refractivity contribution >= 4 is 19.5 Å². The summed E-state index contributed by atoms with van der Waals surface area (Å²) in [6.07, 6.45) is -0.832. The van der Waals surface area contributed by atoms with E-state index >= 15 is 0 Å². The first-order chi connectivity index (χ1) is 28.4. The van der Waals surface area contributed by atoms with Gasteiger partial charge in [0.1, 0.15) is 36.6 Å². The van der Waals surface area contributed by atoms with E-state index in [9.17, 15) is 29.8 Å². The smallest absolute Gasteiger partial charge is 0.393 e. The molecule has 2 heterocycles. The highest BCUT2D eigenvalue weighted by atomic mass is 16.6. The van der Waals surface area contributed by atoms with E-state index in [0.717, 1.165) is 0 Å². The number of nitro groups is 2. The fraction of sp³-hybridized carbons (Fsp3) is 0.409. The Labute approximate surface area is 345 Å². The fourth-order valence-electron chi connectivity index (χ4n) is 8.52. The second kappa shape index (κ2) is 20.0. The third kappa shape index (κ3) is 10.6. The SMILES string of the molecule is CC(C)C[C@H](NC(=O)[C@H]1N[C@@H](c2ccccc2)[C@@H]([N+](=O)[O-])[C@@H]1c1ccccc1)OBO[C@H](CC(C)C)NC(=O)[C@H]1N[C@@H](c2ccccc2)[C@@H]([N+](=O)[O-])[C@@H]1c1ccccc1. The molecule has 14 nitrogen and oxygen atoms in total. The van der Waals surface area contributed by atoms with Crippen molar-refractivity contribution in [2.24, 2.45) is 11.8 Å². The molecule has 0 unspecified atom stereocenters. The van der Waals surface area contributed by atoms with Gasteiger partial charge in [-0.2, -0.15) is 0 Å². The van der Waals surface area contributed by atoms with Gasteiger partial charge in [0.25, 0.3) is 0 Å². The Kier molecular flexibility index (Phi) is 14.6. The van der Waals surface area contributed by atoms with Crippen molar-refractivity contribution in [1.29, 1.82) is 0 Å². The zero-order chi connectivity index (χ0) is 42.1. The molecule has 0 radical (unpaired) electrons. The molecule has 310 valence electrons. The highest BCUT2D eigenvalue weighted by Gasteiger charge is 2.56. The van der Waals surface area contributed by atoms with E-state index in [1.165, 1.54) is 0 Å². The van der Waals surface area contributed by atoms with Gasteiger partial charge in [-0.1, -0.05) is 149 Å². The van der Waals surface area contributed by atoms with Crippen LogP contribution in [0.25, 0.3) is 0 Å². The second-order valence-corrected chi connectivity index (χ2v) is 16.2. The number of rotatable bonds is 18. The van der Waals surface area contributed by atoms with Crippen LogP contribution in [0.2, 0.25) is 0 Å². The average molecular weight is 805 g/mol. The summed E-state index contributed by atoms with van der Waals surface area (Å²) >= 11 is 0. The summed E-state index contributed by atoms with van der Waals surface area (Å²) in [5.41, 5.74) is 2.75. The van der Waals surface area contributed by atoms with Gasteiger partial charge in [0.05, 0.1) is 11.8 Å². The lowest BCUT2D eigenvalue weighted by atomic mass is 9.85. The van der Waals surface area contributed by atoms with E-state index < -0.39 is 72.4 Å². The van der Waals surface area contributed by atoms with Gasteiger partial charge < -0.3 is 19.9 Å². The standard InChI is InChI=1S/C44H53BN6O8/c1-27(2)25-33(46-43(52)39-35(29-17-9-5-10-18-29)41(50(54)55)37(48-39)31-21-13-7-14-22-31)58-45-59-34(26-28(3)4)47-44(53)40-36(30-19-11-6-12-20-30)42(51(56)57)38(49-40)32-23-15-8-16-24-32/h5-24,27-28,33-42,45,48-49H,25-26H2,1-4H3,(H,46,52)(H,47,53)/t33-,34-,35-,36-,37+,38+,39+,40+,41+,42+/m1/s1. The highest BCUT2D eigenvalue weighted by molar-refractivity contribution is 6.18. The topological polar surface area (TPSA) is 187 Å². The van der Waals surface area contributed by atoms with E-state index in [2.05, 4.69) is 21.3 Å². The lowest BCUT2D eigenvalue weighted by Gasteiger charge is -2.28. The van der Waals surface area contributed by atoms with E-state index in [0.29, 0.717) is 35.1 Å². The maximum absolute atomic E-state index is 14.2. The minimum absolute atomic E-state index is 0.0898. The molecule has 0 aromatic heterocycles. The maximum atomic E-state index is 14.2. The van der Waals surface area contributed by atoms with Crippen molar-refractivity contribution in [3.8, 4) is 0 Å². The second-order valence-electron chi connectivity index (χ2n) is 16.2. The van der Waals surface area contributed by atoms with E-state index in [-0.39, 0.29) is 29.4 Å². The predicted octanol–water partition coefficient (Wildman–Crippen LogP) is 5.55. The molecule has 4 N–H and O–H groups in total. The van der Waals surface area contributed by atoms with Crippen molar-refractivity contribution in [1.82, 2.24) is 21.3 Å². The molecule has 2 saturated heterocycles. The van der Waals surface area contributed by atoms with Crippen LogP contribution >= 0.6 is 0 Å². The number of benzene rings is 4. The molecule has 4 aromatic rings. The number of amides is 2. The van der Waals surface area contributed by atoms with Gasteiger partial charge in [-0.3, -0.25) is 40.5 Å². The minimum Gasteiger partial charge on any atom is -0.393 e. The number of hydrogen-bond donors (Lipinski definition) is 4. The van der Waals surface area contributed by atoms with Crippen molar-refractivity contribution in [3.05, 3.63) is 164 Å². The lowest BCUT2D eigenvalue weighted by molar-refractivity contribution is -0.527. The van der Waals surface area contributed by atoms with Crippen molar-refractivity contribution in [2.75, 3.05) is 0 Å². The van der Waals surface area contributed by atoms with E-state index in [1.54, 1.807) is 48.5 Å². The molecule has 6 rings (SSSR count). The van der Waals surface area contributed by atoms with Crippen molar-refractivity contribution < 1.29 is 28.7 Å². The van der Waals surface area contributed by atoms with Gasteiger partial charge in [-0.05, 0) is 46.9 Å². The quantitative estimate of drug-likeness (QED) is 0.0430. The van der Waals surface area contributed by atoms with Crippen LogP contribution in [0.3, 0.4) is 0 Å². The van der Waals surface area contributed by atoms with Gasteiger partial charge in [-0.15, -0.1) is 0 Å². The first kappa shape index (κ1) is 43.1. The fourth-order valence-corrected chi connectivity index (χ4v) is 8.52. The zero-order valence-corrected chi connectivity index (χ0v) is 33.8. The first-order valence-corrected chi connectivity index (χ1v) is 20.3. The van der Waals surface area contributed by atoms with E-state index in [1.807, 2.05) is 100 Å². The Morgan fingerprint density at radius 1 is 0.576 bits per heavy atom. The molecule has 2 aliphatic heterocycles. The average Bonchev–Trinajstić information content (AvgIpc) is 3.83. The van der Waals surface area contributed by atoms with Gasteiger partial charge in [-0.25, -0.2) is 0 Å². The Morgan fingerprint density at radius 2 is 0.881 bits per heavy atom. The lowest BCUT2D eigenvalue weighted by Crippen LogP contribution is -2.51. The van der Waals surface area contributed by atoms with Crippen LogP contribution in [-0.4, -0.2) is 66.0 Å². The molecule has 4 aromatic carbocycles. The molecule has 0 spiro atoms. The van der Waals surface area contributed by atoms with Crippen LogP contribution in [0.5, 0.6) is 0 Å². The van der Waals surface area contributed by atoms with Crippen molar-refractivity contribution in [3.63, 3.8) is 0 Å². The summed E-state index contributed by atoms with van der Waals surface area (Å²) in [5, 5.41) is 38.0. The molecule has 2 fully saturated rings. The maximum Gasteiger partial charge on any atom is 0.441 e. The largest absolute Gasteiger partial charge is 0.441 e. The Hall–Kier alpha value is -5.48. The zero-order valence-electron chi connectivity index (χ0n) is 33.8. The minimum atomic E-state index is -1.12. The van der Waals surface area contributed by atoms with Crippen LogP contribution < -0.4 is 21.3 Å². The van der Waals surface area contributed by atoms with E-state index in [4.69, 9.17) is 9.31 Å². The van der Waals surface area contributed by atoms with Crippen LogP contribution in [0, 0.1) is 32.1 Å². The Balaban J connectivity index is 1.18. The third-order valence-corrected chi connectivity index (χ3v) is 11.1. The summed E-state index contributed by atoms with van der Waals surface area (Å²) in [6, 6.07) is 30.7. The molecular formula is C44H53BN6O8. The molecule has 0 bridgehead atoms. The summed E-state index contributed by atoms with van der Waals surface area (Å²) < 4.78 is 12.3. The molecule has 0 saturated carbocycles. The molecule has 2 aliphatic rings. The molecular weight excluding hydrogens is 751 g/mol. The van der Waals surface area contributed by atoms with Crippen LogP contribution in [0.1, 0.15) is 86.7 Å². The number of hydrogen-bond acceptors (Lipinski definition) is 10. The molecule has 2 amide bonds. The first-order valence-electron chi connectivity index (χ1n) is 20.3.